The molecule has 1 heterocycles. The maximum atomic E-state index is 13.9. The van der Waals surface area contributed by atoms with Gasteiger partial charge in [-0.2, -0.15) is 0 Å². The molecule has 3 rings (SSSR count). The van der Waals surface area contributed by atoms with Gasteiger partial charge in [-0.1, -0.05) is 17.7 Å². The average Bonchev–Trinajstić information content (AvgIpc) is 2.76. The first-order valence-electron chi connectivity index (χ1n) is 5.35. The second kappa shape index (κ2) is 4.58. The van der Waals surface area contributed by atoms with E-state index in [4.69, 9.17) is 11.6 Å². The van der Waals surface area contributed by atoms with Crippen LogP contribution in [-0.2, 0) is 0 Å². The number of hydrogen-bond acceptors (Lipinski definition) is 1. The molecule has 3 aromatic rings. The summed E-state index contributed by atoms with van der Waals surface area (Å²) in [7, 11) is 0. The molecular formula is C13H6BrClF2N2. The van der Waals surface area contributed by atoms with Crippen molar-refractivity contribution in [3.63, 3.8) is 0 Å². The van der Waals surface area contributed by atoms with Gasteiger partial charge in [-0.15, -0.1) is 0 Å². The summed E-state index contributed by atoms with van der Waals surface area (Å²) >= 11 is 8.81. The molecule has 0 spiro atoms. The van der Waals surface area contributed by atoms with Gasteiger partial charge in [0.2, 0.25) is 0 Å². The summed E-state index contributed by atoms with van der Waals surface area (Å²) < 4.78 is 27.6. The molecule has 0 aliphatic heterocycles. The summed E-state index contributed by atoms with van der Waals surface area (Å²) in [5.74, 6) is -0.649. The largest absolute Gasteiger partial charge is 0.338 e. The third kappa shape index (κ3) is 2.13. The van der Waals surface area contributed by atoms with Gasteiger partial charge in [-0.25, -0.2) is 13.8 Å². The predicted octanol–water partition coefficient (Wildman–Crippen LogP) is 4.92. The van der Waals surface area contributed by atoms with Gasteiger partial charge in [0.15, 0.2) is 5.82 Å². The first-order chi connectivity index (χ1) is 9.06. The number of aromatic amines is 1. The lowest BCUT2D eigenvalue weighted by Gasteiger charge is -2.00. The number of hydrogen-bond donors (Lipinski definition) is 1. The number of imidazole rings is 1. The van der Waals surface area contributed by atoms with Gasteiger partial charge in [-0.3, -0.25) is 0 Å². The summed E-state index contributed by atoms with van der Waals surface area (Å²) in [5, 5.41) is 0.0188. The van der Waals surface area contributed by atoms with Crippen LogP contribution in [0.15, 0.2) is 34.8 Å². The average molecular weight is 344 g/mol. The Bertz CT molecular complexity index is 747. The minimum absolute atomic E-state index is 0.0188. The van der Waals surface area contributed by atoms with Gasteiger partial charge in [0, 0.05) is 6.07 Å². The topological polar surface area (TPSA) is 28.7 Å². The Morgan fingerprint density at radius 1 is 1.21 bits per heavy atom. The highest BCUT2D eigenvalue weighted by Gasteiger charge is 2.13. The van der Waals surface area contributed by atoms with Crippen molar-refractivity contribution in [1.82, 2.24) is 9.97 Å². The molecular weight excluding hydrogens is 338 g/mol. The quantitative estimate of drug-likeness (QED) is 0.667. The van der Waals surface area contributed by atoms with Gasteiger partial charge in [0.25, 0.3) is 0 Å². The normalized spacial score (nSPS) is 11.2. The van der Waals surface area contributed by atoms with E-state index in [9.17, 15) is 8.78 Å². The maximum absolute atomic E-state index is 13.9. The Kier molecular flexibility index (Phi) is 3.03. The maximum Gasteiger partial charge on any atom is 0.152 e. The molecule has 2 aromatic carbocycles. The van der Waals surface area contributed by atoms with Gasteiger partial charge in [0.05, 0.1) is 26.1 Å². The Morgan fingerprint density at radius 3 is 2.79 bits per heavy atom. The zero-order chi connectivity index (χ0) is 13.6. The van der Waals surface area contributed by atoms with E-state index >= 15 is 0 Å². The summed E-state index contributed by atoms with van der Waals surface area (Å²) in [6, 6.07) is 7.49. The van der Waals surface area contributed by atoms with Crippen molar-refractivity contribution < 1.29 is 8.78 Å². The molecule has 0 unspecified atom stereocenters. The molecule has 0 saturated carbocycles. The number of halogens is 4. The van der Waals surface area contributed by atoms with Crippen LogP contribution in [0.25, 0.3) is 22.4 Å². The van der Waals surface area contributed by atoms with Crippen LogP contribution in [0.2, 0.25) is 5.02 Å². The number of benzene rings is 2. The van der Waals surface area contributed by atoms with Crippen LogP contribution in [0.3, 0.4) is 0 Å². The van der Waals surface area contributed by atoms with Crippen LogP contribution in [0, 0.1) is 11.6 Å². The fourth-order valence-electron chi connectivity index (χ4n) is 1.82. The van der Waals surface area contributed by atoms with Crippen LogP contribution >= 0.6 is 27.5 Å². The van der Waals surface area contributed by atoms with E-state index in [0.717, 1.165) is 0 Å². The molecule has 1 aromatic heterocycles. The summed E-state index contributed by atoms with van der Waals surface area (Å²) in [6.07, 6.45) is 0. The molecule has 0 fully saturated rings. The molecule has 0 amide bonds. The lowest BCUT2D eigenvalue weighted by Crippen LogP contribution is -1.86. The Labute approximate surface area is 120 Å². The molecule has 1 N–H and O–H groups in total. The zero-order valence-electron chi connectivity index (χ0n) is 9.35. The first-order valence-corrected chi connectivity index (χ1v) is 6.52. The van der Waals surface area contributed by atoms with E-state index in [2.05, 4.69) is 25.9 Å². The molecule has 19 heavy (non-hydrogen) atoms. The predicted molar refractivity (Wildman–Crippen MR) is 74.2 cm³/mol. The number of rotatable bonds is 1. The monoisotopic (exact) mass is 342 g/mol. The fraction of sp³-hybridized carbons (Fsp3) is 0. The van der Waals surface area contributed by atoms with E-state index in [1.165, 1.54) is 18.2 Å². The standard InChI is InChI=1S/C13H6BrClF2N2/c14-7-4-10-11(5-9(7)16)19-13(18-10)6-2-1-3-8(15)12(6)17/h1-5H,(H,18,19). The molecule has 0 saturated heterocycles. The van der Waals surface area contributed by atoms with Gasteiger partial charge < -0.3 is 4.98 Å². The second-order valence-corrected chi connectivity index (χ2v) is 5.23. The van der Waals surface area contributed by atoms with Crippen LogP contribution in [-0.4, -0.2) is 9.97 Å². The Balaban J connectivity index is 2.23. The van der Waals surface area contributed by atoms with Crippen LogP contribution in [0.1, 0.15) is 0 Å². The van der Waals surface area contributed by atoms with E-state index < -0.39 is 11.6 Å². The second-order valence-electron chi connectivity index (χ2n) is 3.97. The number of fused-ring (bicyclic) bond motifs is 1. The van der Waals surface area contributed by atoms with Crippen molar-refractivity contribution in [3.8, 4) is 11.4 Å². The highest BCUT2D eigenvalue weighted by atomic mass is 79.9. The molecule has 0 atom stereocenters. The highest BCUT2D eigenvalue weighted by Crippen LogP contribution is 2.29. The minimum atomic E-state index is -0.553. The number of aromatic nitrogens is 2. The number of nitrogens with zero attached hydrogens (tertiary/aromatic N) is 1. The lowest BCUT2D eigenvalue weighted by molar-refractivity contribution is 0.623. The third-order valence-electron chi connectivity index (χ3n) is 2.73. The van der Waals surface area contributed by atoms with Crippen LogP contribution in [0.4, 0.5) is 8.78 Å². The third-order valence-corrected chi connectivity index (χ3v) is 3.63. The van der Waals surface area contributed by atoms with Crippen LogP contribution < -0.4 is 0 Å². The fourth-order valence-corrected chi connectivity index (χ4v) is 2.32. The van der Waals surface area contributed by atoms with Crippen molar-refractivity contribution in [3.05, 3.63) is 51.5 Å². The molecule has 6 heteroatoms. The van der Waals surface area contributed by atoms with Crippen molar-refractivity contribution in [2.45, 2.75) is 0 Å². The summed E-state index contributed by atoms with van der Waals surface area (Å²) in [4.78, 5) is 7.11. The molecule has 96 valence electrons. The van der Waals surface area contributed by atoms with Crippen molar-refractivity contribution in [1.29, 1.82) is 0 Å². The lowest BCUT2D eigenvalue weighted by atomic mass is 10.2. The molecule has 0 bridgehead atoms. The Hall–Kier alpha value is -1.46. The minimum Gasteiger partial charge on any atom is -0.338 e. The SMILES string of the molecule is Fc1cc2[nH]c(-c3cccc(Cl)c3F)nc2cc1Br. The van der Waals surface area contributed by atoms with Crippen LogP contribution in [0.5, 0.6) is 0 Å². The number of nitrogens with one attached hydrogen (secondary N) is 1. The summed E-state index contributed by atoms with van der Waals surface area (Å²) in [6.45, 7) is 0. The van der Waals surface area contributed by atoms with E-state index in [-0.39, 0.29) is 10.6 Å². The zero-order valence-corrected chi connectivity index (χ0v) is 11.7. The van der Waals surface area contributed by atoms with Crippen molar-refractivity contribution in [2.24, 2.45) is 0 Å². The first kappa shape index (κ1) is 12.6. The van der Waals surface area contributed by atoms with Gasteiger partial charge in [0.1, 0.15) is 11.6 Å². The molecule has 2 nitrogen and oxygen atoms in total. The summed E-state index contributed by atoms with van der Waals surface area (Å²) in [5.41, 5.74) is 1.29. The van der Waals surface area contributed by atoms with E-state index in [0.29, 0.717) is 21.3 Å². The van der Waals surface area contributed by atoms with Crippen molar-refractivity contribution >= 4 is 38.6 Å². The highest BCUT2D eigenvalue weighted by molar-refractivity contribution is 9.10. The van der Waals surface area contributed by atoms with E-state index in [1.807, 2.05) is 0 Å². The molecule has 0 radical (unpaired) electrons. The Morgan fingerprint density at radius 2 is 2.00 bits per heavy atom. The van der Waals surface area contributed by atoms with Gasteiger partial charge in [-0.05, 0) is 34.1 Å². The smallest absolute Gasteiger partial charge is 0.152 e. The van der Waals surface area contributed by atoms with E-state index in [1.54, 1.807) is 12.1 Å². The van der Waals surface area contributed by atoms with Crippen molar-refractivity contribution in [2.75, 3.05) is 0 Å². The molecule has 0 aliphatic carbocycles. The van der Waals surface area contributed by atoms with Gasteiger partial charge >= 0.3 is 0 Å². The molecule has 0 aliphatic rings. The number of H-pyrrole nitrogens is 1.